The lowest BCUT2D eigenvalue weighted by atomic mass is 9.99. The Balaban J connectivity index is 0.000000111. The third-order valence-electron chi connectivity index (χ3n) is 16.2. The first kappa shape index (κ1) is 60.7. The Bertz CT molecular complexity index is 4830. The first-order valence-electron chi connectivity index (χ1n) is 31.1. The zero-order valence-corrected chi connectivity index (χ0v) is 54.3. The third-order valence-corrected chi connectivity index (χ3v) is 17.4. The van der Waals surface area contributed by atoms with E-state index >= 15 is 0 Å². The summed E-state index contributed by atoms with van der Waals surface area (Å²) < 4.78 is 11.2. The molecule has 10 aromatic carbocycles. The van der Waals surface area contributed by atoms with Crippen molar-refractivity contribution in [1.29, 1.82) is 0 Å². The maximum absolute atomic E-state index is 6.12. The number of hydrogen-bond acceptors (Lipinski definition) is 5. The molecule has 0 atom stereocenters. The van der Waals surface area contributed by atoms with Gasteiger partial charge in [-0.05, 0) is 180 Å². The van der Waals surface area contributed by atoms with Crippen LogP contribution in [0.5, 0.6) is 0 Å². The van der Waals surface area contributed by atoms with E-state index < -0.39 is 0 Å². The van der Waals surface area contributed by atoms with Crippen LogP contribution in [0.15, 0.2) is 272 Å². The van der Waals surface area contributed by atoms with E-state index in [1.807, 2.05) is 69.5 Å². The van der Waals surface area contributed by atoms with E-state index in [0.717, 1.165) is 45.1 Å². The summed E-state index contributed by atoms with van der Waals surface area (Å²) in [6, 6.07) is 90.1. The lowest BCUT2D eigenvalue weighted by molar-refractivity contribution is 0.670. The zero-order chi connectivity index (χ0) is 63.1. The summed E-state index contributed by atoms with van der Waals surface area (Å²) in [5, 5.41) is 7.72. The molecular formula is C85H74N4OS. The Morgan fingerprint density at radius 2 is 0.758 bits per heavy atom. The molecule has 16 aromatic rings. The van der Waals surface area contributed by atoms with Crippen molar-refractivity contribution in [2.24, 2.45) is 0 Å². The van der Waals surface area contributed by atoms with Crippen LogP contribution in [0.3, 0.4) is 0 Å². The molecule has 0 unspecified atom stereocenters. The van der Waals surface area contributed by atoms with Gasteiger partial charge in [0.1, 0.15) is 11.2 Å². The van der Waals surface area contributed by atoms with E-state index in [2.05, 4.69) is 292 Å². The van der Waals surface area contributed by atoms with Crippen LogP contribution in [0.1, 0.15) is 56.2 Å². The second kappa shape index (κ2) is 27.1. The van der Waals surface area contributed by atoms with Gasteiger partial charge in [-0.1, -0.05) is 210 Å². The first-order chi connectivity index (χ1) is 44.2. The summed E-state index contributed by atoms with van der Waals surface area (Å²) >= 11 is 1.89. The molecule has 0 amide bonds. The Morgan fingerprint density at radius 3 is 1.32 bits per heavy atom. The lowest BCUT2D eigenvalue weighted by Crippen LogP contribution is -1.95. The van der Waals surface area contributed by atoms with E-state index in [1.165, 1.54) is 125 Å². The Labute approximate surface area is 538 Å². The van der Waals surface area contributed by atoms with Crippen LogP contribution in [-0.4, -0.2) is 19.5 Å². The number of furan rings is 1. The Hall–Kier alpha value is -10.5. The smallest absolute Gasteiger partial charge is 0.143 e. The first-order valence-corrected chi connectivity index (χ1v) is 31.9. The molecular weight excluding hydrogens is 1130 g/mol. The zero-order valence-electron chi connectivity index (χ0n) is 53.5. The molecule has 0 aliphatic heterocycles. The molecule has 0 bridgehead atoms. The standard InChI is InChI=1S/C20H17N.C20H16O.C20H16S.C13H13N.C12H12N2/c1-14-11-15(2)13-16(12-14)21-19-9-5-3-7-17(19)18-8-4-6-10-20(18)21;2*1-13-10-14(2)12-15(11-13)16-7-5-8-18-17-6-3-4-9-19(17)21-20(16)18;1-10-8-13(9-11(2)14-10)12-6-4-3-5-7-12;1-9-6-12(7-10(2)14-9)11-4-3-5-13-8-11/h3-13H,1-2H3;2*3-12H,1-2H3;3-9H,1-2H3;3-8H,1-2H3. The summed E-state index contributed by atoms with van der Waals surface area (Å²) in [6.07, 6.45) is 3.65. The highest BCUT2D eigenvalue weighted by atomic mass is 32.1. The molecule has 0 spiro atoms. The Morgan fingerprint density at radius 1 is 0.319 bits per heavy atom. The molecule has 6 heteroatoms. The van der Waals surface area contributed by atoms with Gasteiger partial charge in [0.2, 0.25) is 0 Å². The van der Waals surface area contributed by atoms with Gasteiger partial charge in [0.05, 0.1) is 11.0 Å². The molecule has 16 rings (SSSR count). The molecule has 6 heterocycles. The van der Waals surface area contributed by atoms with Gasteiger partial charge in [0.25, 0.3) is 0 Å². The summed E-state index contributed by atoms with van der Waals surface area (Å²) in [5.41, 5.74) is 27.6. The number of pyridine rings is 3. The summed E-state index contributed by atoms with van der Waals surface area (Å²) in [6.45, 7) is 21.0. The van der Waals surface area contributed by atoms with Gasteiger partial charge in [0.15, 0.2) is 0 Å². The minimum atomic E-state index is 0.948. The van der Waals surface area contributed by atoms with Crippen molar-refractivity contribution in [3.63, 3.8) is 0 Å². The van der Waals surface area contributed by atoms with Crippen LogP contribution in [-0.2, 0) is 0 Å². The number of benzene rings is 10. The second-order valence-corrected chi connectivity index (χ2v) is 25.0. The minimum absolute atomic E-state index is 0.948. The Kier molecular flexibility index (Phi) is 18.1. The van der Waals surface area contributed by atoms with E-state index in [1.54, 1.807) is 6.20 Å². The van der Waals surface area contributed by atoms with E-state index in [0.29, 0.717) is 0 Å². The van der Waals surface area contributed by atoms with E-state index in [-0.39, 0.29) is 0 Å². The largest absolute Gasteiger partial charge is 0.455 e. The molecule has 446 valence electrons. The predicted molar refractivity (Wildman–Crippen MR) is 389 cm³/mol. The number of nitrogens with zero attached hydrogens (tertiary/aromatic N) is 4. The maximum atomic E-state index is 6.12. The van der Waals surface area contributed by atoms with Gasteiger partial charge in [0, 0.05) is 93.7 Å². The fourth-order valence-electron chi connectivity index (χ4n) is 12.7. The highest BCUT2D eigenvalue weighted by Crippen LogP contribution is 2.41. The van der Waals surface area contributed by atoms with Crippen LogP contribution in [0.25, 0.3) is 114 Å². The van der Waals surface area contributed by atoms with Crippen molar-refractivity contribution < 1.29 is 4.42 Å². The van der Waals surface area contributed by atoms with Gasteiger partial charge in [-0.15, -0.1) is 11.3 Å². The number of fused-ring (bicyclic) bond motifs is 9. The third kappa shape index (κ3) is 13.9. The summed E-state index contributed by atoms with van der Waals surface area (Å²) in [7, 11) is 0. The lowest BCUT2D eigenvalue weighted by Gasteiger charge is -2.10. The van der Waals surface area contributed by atoms with E-state index in [4.69, 9.17) is 4.42 Å². The monoisotopic (exact) mass is 1200 g/mol. The number of para-hydroxylation sites is 4. The van der Waals surface area contributed by atoms with Crippen molar-refractivity contribution in [2.45, 2.75) is 69.2 Å². The number of rotatable bonds is 5. The minimum Gasteiger partial charge on any atom is -0.455 e. The number of aromatic nitrogens is 4. The molecule has 0 fully saturated rings. The topological polar surface area (TPSA) is 56.7 Å². The van der Waals surface area contributed by atoms with E-state index in [9.17, 15) is 0 Å². The van der Waals surface area contributed by atoms with Gasteiger partial charge >= 0.3 is 0 Å². The van der Waals surface area contributed by atoms with Crippen molar-refractivity contribution in [3.8, 4) is 50.2 Å². The SMILES string of the molecule is Cc1cc(-c2ccccc2)cc(C)n1.Cc1cc(-c2cccnc2)cc(C)n1.Cc1cc(C)cc(-c2cccc3c2oc2ccccc23)c1.Cc1cc(C)cc(-c2cccc3c2sc2ccccc23)c1.Cc1cc(C)cc(-n2c3ccccc3c3ccccc32)c1. The molecule has 0 saturated carbocycles. The number of aryl methyl sites for hydroxylation is 10. The van der Waals surface area contributed by atoms with Crippen molar-refractivity contribution in [2.75, 3.05) is 0 Å². The average molecular weight is 1200 g/mol. The van der Waals surface area contributed by atoms with Gasteiger partial charge in [-0.25, -0.2) is 0 Å². The van der Waals surface area contributed by atoms with Crippen molar-refractivity contribution in [3.05, 3.63) is 323 Å². The molecule has 5 nitrogen and oxygen atoms in total. The van der Waals surface area contributed by atoms with Crippen LogP contribution in [0.2, 0.25) is 0 Å². The molecule has 0 aliphatic carbocycles. The number of hydrogen-bond donors (Lipinski definition) is 0. The highest BCUT2D eigenvalue weighted by molar-refractivity contribution is 7.26. The number of thiophene rings is 1. The molecule has 0 saturated heterocycles. The average Bonchev–Trinajstić information content (AvgIpc) is 1.65. The quantitative estimate of drug-likeness (QED) is 0.172. The van der Waals surface area contributed by atoms with Gasteiger partial charge in [-0.2, -0.15) is 0 Å². The van der Waals surface area contributed by atoms with Crippen LogP contribution >= 0.6 is 11.3 Å². The van der Waals surface area contributed by atoms with Crippen LogP contribution < -0.4 is 0 Å². The fraction of sp³-hybridized carbons (Fsp3) is 0.118. The van der Waals surface area contributed by atoms with Gasteiger partial charge in [-0.3, -0.25) is 15.0 Å². The molecule has 0 N–H and O–H groups in total. The van der Waals surface area contributed by atoms with Crippen LogP contribution in [0.4, 0.5) is 0 Å². The van der Waals surface area contributed by atoms with Crippen molar-refractivity contribution in [1.82, 2.24) is 19.5 Å². The van der Waals surface area contributed by atoms with Gasteiger partial charge < -0.3 is 8.98 Å². The molecule has 0 radical (unpaired) electrons. The fourth-order valence-corrected chi connectivity index (χ4v) is 13.9. The predicted octanol–water partition coefficient (Wildman–Crippen LogP) is 23.7. The highest BCUT2D eigenvalue weighted by Gasteiger charge is 2.15. The molecule has 0 aliphatic rings. The molecule has 91 heavy (non-hydrogen) atoms. The van der Waals surface area contributed by atoms with Crippen molar-refractivity contribution >= 4 is 75.3 Å². The molecule has 6 aromatic heterocycles. The second-order valence-electron chi connectivity index (χ2n) is 23.9. The maximum Gasteiger partial charge on any atom is 0.143 e. The normalized spacial score (nSPS) is 11.0. The summed E-state index contributed by atoms with van der Waals surface area (Å²) in [5.74, 6) is 0. The summed E-state index contributed by atoms with van der Waals surface area (Å²) in [4.78, 5) is 12.8. The van der Waals surface area contributed by atoms with Crippen LogP contribution in [0, 0.1) is 69.2 Å².